The summed E-state index contributed by atoms with van der Waals surface area (Å²) in [6.07, 6.45) is 3.82. The van der Waals surface area contributed by atoms with Gasteiger partial charge in [-0.1, -0.05) is 12.1 Å². The van der Waals surface area contributed by atoms with Gasteiger partial charge in [0.25, 0.3) is 0 Å². The van der Waals surface area contributed by atoms with Crippen LogP contribution in [-0.2, 0) is 4.79 Å². The molecule has 0 aliphatic rings. The molecule has 0 aliphatic heterocycles. The van der Waals surface area contributed by atoms with Crippen LogP contribution in [0.25, 0.3) is 6.08 Å². The zero-order chi connectivity index (χ0) is 14.5. The van der Waals surface area contributed by atoms with Crippen molar-refractivity contribution in [2.45, 2.75) is 6.92 Å². The Kier molecular flexibility index (Phi) is 4.00. The van der Waals surface area contributed by atoms with Crippen LogP contribution in [0.5, 0.6) is 11.5 Å². The molecule has 1 N–H and O–H groups in total. The summed E-state index contributed by atoms with van der Waals surface area (Å²) in [4.78, 5) is 22.0. The fourth-order valence-electron chi connectivity index (χ4n) is 1.56. The molecule has 2 rings (SSSR count). The van der Waals surface area contributed by atoms with Gasteiger partial charge in [-0.25, -0.2) is 4.79 Å². The number of carboxylic acid groups (broad SMARTS) is 1. The fourth-order valence-corrected chi connectivity index (χ4v) is 1.56. The highest BCUT2D eigenvalue weighted by Gasteiger charge is 2.07. The summed E-state index contributed by atoms with van der Waals surface area (Å²) in [6, 6.07) is 7.95. The molecule has 0 unspecified atom stereocenters. The number of aliphatic carboxylic acids is 1. The van der Waals surface area contributed by atoms with Crippen LogP contribution >= 0.6 is 0 Å². The van der Waals surface area contributed by atoms with Crippen molar-refractivity contribution in [2.75, 3.05) is 0 Å². The second-order valence-electron chi connectivity index (χ2n) is 4.01. The van der Waals surface area contributed by atoms with Gasteiger partial charge in [0.15, 0.2) is 0 Å². The Bertz CT molecular complexity index is 695. The van der Waals surface area contributed by atoms with Crippen molar-refractivity contribution in [3.05, 3.63) is 64.2 Å². The standard InChI is InChI=1S/C15H12O5/c1-10-15(13(16)8-9-19-10)20-12-5-2-11(3-6-12)4-7-14(17)18/h2-9H,1H3,(H,17,18)/b7-4+. The van der Waals surface area contributed by atoms with Crippen LogP contribution in [0.3, 0.4) is 0 Å². The lowest BCUT2D eigenvalue weighted by Gasteiger charge is -2.06. The maximum Gasteiger partial charge on any atom is 0.328 e. The van der Waals surface area contributed by atoms with Crippen molar-refractivity contribution in [3.63, 3.8) is 0 Å². The monoisotopic (exact) mass is 272 g/mol. The molecule has 1 heterocycles. The first-order valence-corrected chi connectivity index (χ1v) is 5.83. The third-order valence-corrected chi connectivity index (χ3v) is 2.53. The van der Waals surface area contributed by atoms with E-state index in [4.69, 9.17) is 14.3 Å². The summed E-state index contributed by atoms with van der Waals surface area (Å²) in [7, 11) is 0. The van der Waals surface area contributed by atoms with Crippen LogP contribution in [-0.4, -0.2) is 11.1 Å². The highest BCUT2D eigenvalue weighted by Crippen LogP contribution is 2.21. The number of hydrogen-bond acceptors (Lipinski definition) is 4. The predicted octanol–water partition coefficient (Wildman–Crippen LogP) is 2.84. The SMILES string of the molecule is Cc1occc(=O)c1Oc1ccc(/C=C/C(=O)O)cc1. The van der Waals surface area contributed by atoms with E-state index in [1.807, 2.05) is 0 Å². The molecule has 0 aliphatic carbocycles. The Balaban J connectivity index is 2.19. The summed E-state index contributed by atoms with van der Waals surface area (Å²) in [5.74, 6) is -0.00408. The van der Waals surface area contributed by atoms with Crippen molar-refractivity contribution >= 4 is 12.0 Å². The minimum absolute atomic E-state index is 0.140. The fraction of sp³-hybridized carbons (Fsp3) is 0.0667. The summed E-state index contributed by atoms with van der Waals surface area (Å²) >= 11 is 0. The Morgan fingerprint density at radius 2 is 1.95 bits per heavy atom. The highest BCUT2D eigenvalue weighted by molar-refractivity contribution is 5.85. The number of rotatable bonds is 4. The van der Waals surface area contributed by atoms with Gasteiger partial charge in [-0.05, 0) is 30.7 Å². The smallest absolute Gasteiger partial charge is 0.328 e. The van der Waals surface area contributed by atoms with E-state index in [1.54, 1.807) is 31.2 Å². The second kappa shape index (κ2) is 5.88. The van der Waals surface area contributed by atoms with Gasteiger partial charge in [0.2, 0.25) is 11.2 Å². The van der Waals surface area contributed by atoms with Crippen molar-refractivity contribution in [2.24, 2.45) is 0 Å². The van der Waals surface area contributed by atoms with Gasteiger partial charge < -0.3 is 14.3 Å². The summed E-state index contributed by atoms with van der Waals surface area (Å²) in [6.45, 7) is 1.64. The Labute approximate surface area is 114 Å². The third-order valence-electron chi connectivity index (χ3n) is 2.53. The summed E-state index contributed by atoms with van der Waals surface area (Å²) in [5.41, 5.74) is 0.458. The summed E-state index contributed by atoms with van der Waals surface area (Å²) in [5, 5.41) is 8.53. The van der Waals surface area contributed by atoms with E-state index < -0.39 is 5.97 Å². The minimum atomic E-state index is -1.01. The van der Waals surface area contributed by atoms with Gasteiger partial charge in [-0.3, -0.25) is 4.79 Å². The predicted molar refractivity (Wildman–Crippen MR) is 72.9 cm³/mol. The number of carbonyl (C=O) groups is 1. The van der Waals surface area contributed by atoms with Crippen molar-refractivity contribution in [1.82, 2.24) is 0 Å². The minimum Gasteiger partial charge on any atom is -0.478 e. The first kappa shape index (κ1) is 13.6. The molecule has 0 bridgehead atoms. The molecule has 0 radical (unpaired) electrons. The lowest BCUT2D eigenvalue weighted by atomic mass is 10.2. The van der Waals surface area contributed by atoms with E-state index in [0.717, 1.165) is 11.6 Å². The zero-order valence-electron chi connectivity index (χ0n) is 10.7. The molecule has 0 atom stereocenters. The molecule has 5 nitrogen and oxygen atoms in total. The van der Waals surface area contributed by atoms with Crippen LogP contribution in [0.2, 0.25) is 0 Å². The first-order valence-electron chi connectivity index (χ1n) is 5.83. The number of ether oxygens (including phenoxy) is 1. The molecule has 0 saturated carbocycles. The van der Waals surface area contributed by atoms with Crippen molar-refractivity contribution < 1.29 is 19.1 Å². The maximum atomic E-state index is 11.6. The molecule has 1 aromatic heterocycles. The van der Waals surface area contributed by atoms with Gasteiger partial charge >= 0.3 is 5.97 Å². The lowest BCUT2D eigenvalue weighted by Crippen LogP contribution is -2.04. The molecule has 102 valence electrons. The molecule has 0 fully saturated rings. The van der Waals surface area contributed by atoms with Crippen molar-refractivity contribution in [1.29, 1.82) is 0 Å². The van der Waals surface area contributed by atoms with E-state index >= 15 is 0 Å². The Hall–Kier alpha value is -2.82. The van der Waals surface area contributed by atoms with E-state index in [9.17, 15) is 9.59 Å². The Morgan fingerprint density at radius 1 is 1.25 bits per heavy atom. The maximum absolute atomic E-state index is 11.6. The normalized spacial score (nSPS) is 10.7. The third kappa shape index (κ3) is 3.35. The first-order chi connectivity index (χ1) is 9.56. The van der Waals surface area contributed by atoms with E-state index in [1.165, 1.54) is 18.4 Å². The number of carboxylic acids is 1. The Morgan fingerprint density at radius 3 is 2.55 bits per heavy atom. The topological polar surface area (TPSA) is 76.7 Å². The quantitative estimate of drug-likeness (QED) is 0.866. The van der Waals surface area contributed by atoms with Crippen LogP contribution in [0.1, 0.15) is 11.3 Å². The number of hydrogen-bond donors (Lipinski definition) is 1. The van der Waals surface area contributed by atoms with E-state index in [-0.39, 0.29) is 11.2 Å². The van der Waals surface area contributed by atoms with Crippen LogP contribution in [0.4, 0.5) is 0 Å². The number of benzene rings is 1. The summed E-state index contributed by atoms with van der Waals surface area (Å²) < 4.78 is 10.6. The van der Waals surface area contributed by atoms with Gasteiger partial charge in [0.1, 0.15) is 11.5 Å². The van der Waals surface area contributed by atoms with Gasteiger partial charge in [0, 0.05) is 12.1 Å². The average Bonchev–Trinajstić information content (AvgIpc) is 2.42. The van der Waals surface area contributed by atoms with Gasteiger partial charge in [-0.2, -0.15) is 0 Å². The lowest BCUT2D eigenvalue weighted by molar-refractivity contribution is -0.131. The molecule has 5 heteroatoms. The molecular formula is C15H12O5. The number of aryl methyl sites for hydroxylation is 1. The zero-order valence-corrected chi connectivity index (χ0v) is 10.7. The molecular weight excluding hydrogens is 260 g/mol. The highest BCUT2D eigenvalue weighted by atomic mass is 16.5. The molecule has 2 aromatic rings. The average molecular weight is 272 g/mol. The van der Waals surface area contributed by atoms with Crippen LogP contribution < -0.4 is 10.2 Å². The van der Waals surface area contributed by atoms with E-state index in [0.29, 0.717) is 11.5 Å². The second-order valence-corrected chi connectivity index (χ2v) is 4.01. The van der Waals surface area contributed by atoms with Crippen molar-refractivity contribution in [3.8, 4) is 11.5 Å². The molecule has 0 amide bonds. The molecule has 20 heavy (non-hydrogen) atoms. The molecule has 0 spiro atoms. The van der Waals surface area contributed by atoms with E-state index in [2.05, 4.69) is 0 Å². The van der Waals surface area contributed by atoms with Crippen LogP contribution in [0, 0.1) is 6.92 Å². The molecule has 0 saturated heterocycles. The van der Waals surface area contributed by atoms with Crippen LogP contribution in [0.15, 0.2) is 51.9 Å². The largest absolute Gasteiger partial charge is 0.478 e. The van der Waals surface area contributed by atoms with Gasteiger partial charge in [0.05, 0.1) is 6.26 Å². The molecule has 1 aromatic carbocycles. The van der Waals surface area contributed by atoms with Gasteiger partial charge in [-0.15, -0.1) is 0 Å².